The fourth-order valence-electron chi connectivity index (χ4n) is 7.40. The van der Waals surface area contributed by atoms with Crippen molar-refractivity contribution >= 4 is 53.5 Å². The maximum atomic E-state index is 13.6. The van der Waals surface area contributed by atoms with E-state index in [-0.39, 0.29) is 45.0 Å². The molecule has 0 bridgehead atoms. The number of ether oxygens (including phenoxy) is 2. The minimum atomic E-state index is -1.58. The van der Waals surface area contributed by atoms with Crippen molar-refractivity contribution in [1.29, 1.82) is 0 Å². The number of aliphatic hydroxyl groups excluding tert-OH is 1. The van der Waals surface area contributed by atoms with Crippen LogP contribution in [0.15, 0.2) is 16.8 Å². The molecule has 0 fully saturated rings. The van der Waals surface area contributed by atoms with Crippen molar-refractivity contribution in [2.45, 2.75) is 172 Å². The predicted octanol–water partition coefficient (Wildman–Crippen LogP) is 0.351. The highest BCUT2D eigenvalue weighted by Crippen LogP contribution is 2.16. The number of rotatable bonds is 43. The van der Waals surface area contributed by atoms with Crippen LogP contribution in [0.1, 0.15) is 148 Å². The van der Waals surface area contributed by atoms with Gasteiger partial charge in [-0.3, -0.25) is 43.3 Å². The van der Waals surface area contributed by atoms with Crippen LogP contribution in [0.2, 0.25) is 0 Å². The highest BCUT2D eigenvalue weighted by atomic mass is 16.5. The monoisotopic (exact) mass is 1000 g/mol. The van der Waals surface area contributed by atoms with E-state index < -0.39 is 85.3 Å². The topological polar surface area (TPSA) is 352 Å². The lowest BCUT2D eigenvalue weighted by Crippen LogP contribution is -2.59. The van der Waals surface area contributed by atoms with Crippen LogP contribution in [-0.4, -0.2) is 157 Å². The first kappa shape index (κ1) is 61.2. The molecule has 2 rings (SSSR count). The Kier molecular flexibility index (Phi) is 33.5. The second kappa shape index (κ2) is 38.8. The van der Waals surface area contributed by atoms with Crippen molar-refractivity contribution < 1.29 is 52.9 Å². The SMILES string of the molecule is CCCC[C@H](NC(=O)[C@H](CC1=CCC=N1)NC(=O)[C@H](CCC(N)=O)NC(=O)[C@H](CO)NC(=O)CNC(=O)COCCOCCNC(=O)CCCCCCCCCCCCCCCc1nn[nH]n1)C(=O)NC. The largest absolute Gasteiger partial charge is 0.394 e. The molecule has 0 radical (unpaired) electrons. The number of primary amides is 1. The fourth-order valence-corrected chi connectivity index (χ4v) is 7.40. The number of aryl methyl sites for hydroxylation is 1. The Balaban J connectivity index is 1.60. The summed E-state index contributed by atoms with van der Waals surface area (Å²) < 4.78 is 10.7. The zero-order valence-corrected chi connectivity index (χ0v) is 41.9. The van der Waals surface area contributed by atoms with Crippen LogP contribution in [0, 0.1) is 0 Å². The van der Waals surface area contributed by atoms with E-state index in [0.717, 1.165) is 44.3 Å². The average Bonchev–Trinajstić information content (AvgIpc) is 4.09. The number of carbonyl (C=O) groups is 8. The first-order valence-corrected chi connectivity index (χ1v) is 25.3. The van der Waals surface area contributed by atoms with E-state index in [1.54, 1.807) is 12.3 Å². The quantitative estimate of drug-likeness (QED) is 0.0395. The Bertz CT molecular complexity index is 1800. The number of aliphatic hydroxyl groups is 1. The summed E-state index contributed by atoms with van der Waals surface area (Å²) in [5.41, 5.74) is 5.83. The average molecular weight is 1000 g/mol. The van der Waals surface area contributed by atoms with Gasteiger partial charge in [-0.2, -0.15) is 5.21 Å². The third-order valence-corrected chi connectivity index (χ3v) is 11.4. The van der Waals surface area contributed by atoms with Gasteiger partial charge in [0.15, 0.2) is 5.82 Å². The third kappa shape index (κ3) is 29.8. The molecule has 8 amide bonds. The number of aromatic nitrogens is 4. The van der Waals surface area contributed by atoms with E-state index in [1.807, 2.05) is 6.92 Å². The van der Waals surface area contributed by atoms with Gasteiger partial charge in [0.25, 0.3) is 0 Å². The summed E-state index contributed by atoms with van der Waals surface area (Å²) in [6, 6.07) is -5.15. The van der Waals surface area contributed by atoms with Crippen LogP contribution >= 0.6 is 0 Å². The summed E-state index contributed by atoms with van der Waals surface area (Å²) in [6.45, 7) is 0.914. The van der Waals surface area contributed by atoms with Crippen molar-refractivity contribution in [3.8, 4) is 0 Å². The lowest BCUT2D eigenvalue weighted by molar-refractivity contribution is -0.135. The number of carbonyl (C=O) groups excluding carboxylic acids is 8. The van der Waals surface area contributed by atoms with Gasteiger partial charge in [0.05, 0.1) is 33.0 Å². The number of amides is 8. The van der Waals surface area contributed by atoms with Gasteiger partial charge in [-0.25, -0.2) is 0 Å². The molecular formula is C47H81N13O11. The van der Waals surface area contributed by atoms with Crippen LogP contribution in [0.3, 0.4) is 0 Å². The molecular weight excluding hydrogens is 923 g/mol. The number of aromatic amines is 1. The molecule has 0 spiro atoms. The summed E-state index contributed by atoms with van der Waals surface area (Å²) in [5, 5.41) is 41.6. The third-order valence-electron chi connectivity index (χ3n) is 11.4. The number of H-pyrrole nitrogens is 1. The van der Waals surface area contributed by atoms with Gasteiger partial charge in [-0.05, 0) is 25.7 Å². The van der Waals surface area contributed by atoms with Crippen LogP contribution in [0.5, 0.6) is 0 Å². The summed E-state index contributed by atoms with van der Waals surface area (Å²) in [6.07, 6.45) is 21.7. The van der Waals surface area contributed by atoms with Crippen LogP contribution in [0.25, 0.3) is 0 Å². The van der Waals surface area contributed by atoms with Gasteiger partial charge < -0.3 is 57.5 Å². The van der Waals surface area contributed by atoms with Gasteiger partial charge in [0, 0.05) is 57.6 Å². The van der Waals surface area contributed by atoms with E-state index >= 15 is 0 Å². The van der Waals surface area contributed by atoms with Gasteiger partial charge in [-0.15, -0.1) is 10.2 Å². The summed E-state index contributed by atoms with van der Waals surface area (Å²) >= 11 is 0. The predicted molar refractivity (Wildman–Crippen MR) is 263 cm³/mol. The number of nitrogens with zero attached hydrogens (tertiary/aromatic N) is 4. The van der Waals surface area contributed by atoms with E-state index in [9.17, 15) is 43.5 Å². The van der Waals surface area contributed by atoms with Crippen molar-refractivity contribution in [2.75, 3.05) is 53.2 Å². The van der Waals surface area contributed by atoms with Crippen molar-refractivity contribution in [2.24, 2.45) is 10.7 Å². The molecule has 1 aromatic heterocycles. The van der Waals surface area contributed by atoms with E-state index in [4.69, 9.17) is 15.2 Å². The molecule has 1 aliphatic rings. The minimum Gasteiger partial charge on any atom is -0.394 e. The number of nitrogens with two attached hydrogens (primary N) is 1. The molecule has 24 nitrogen and oxygen atoms in total. The number of tetrazole rings is 1. The fraction of sp³-hybridized carbons (Fsp3) is 0.745. The highest BCUT2D eigenvalue weighted by molar-refractivity contribution is 5.96. The zero-order chi connectivity index (χ0) is 51.9. The van der Waals surface area contributed by atoms with Crippen molar-refractivity contribution in [3.05, 3.63) is 17.6 Å². The maximum Gasteiger partial charge on any atom is 0.246 e. The minimum absolute atomic E-state index is 0.0220. The van der Waals surface area contributed by atoms with Gasteiger partial charge in [0.2, 0.25) is 47.3 Å². The van der Waals surface area contributed by atoms with Crippen molar-refractivity contribution in [3.63, 3.8) is 0 Å². The number of allylic oxidation sites excluding steroid dienone is 1. The first-order valence-electron chi connectivity index (χ1n) is 25.3. The van der Waals surface area contributed by atoms with E-state index in [2.05, 4.69) is 62.8 Å². The molecule has 0 aliphatic carbocycles. The Morgan fingerprint density at radius 2 is 1.28 bits per heavy atom. The lowest BCUT2D eigenvalue weighted by Gasteiger charge is -2.26. The first-order chi connectivity index (χ1) is 34.4. The molecule has 4 atom stereocenters. The Morgan fingerprint density at radius 3 is 1.87 bits per heavy atom. The van der Waals surface area contributed by atoms with Crippen LogP contribution in [-0.2, 0) is 54.3 Å². The normalized spacial score (nSPS) is 13.5. The second-order valence-electron chi connectivity index (χ2n) is 17.4. The lowest BCUT2D eigenvalue weighted by atomic mass is 10.0. The molecule has 0 saturated carbocycles. The molecule has 1 aromatic rings. The number of likely N-dealkylation sites (N-methyl/N-ethyl adjacent to an activating group) is 1. The van der Waals surface area contributed by atoms with Crippen molar-refractivity contribution in [1.82, 2.24) is 57.8 Å². The van der Waals surface area contributed by atoms with Crippen LogP contribution in [0.4, 0.5) is 0 Å². The standard InChI is InChI=1S/C47H81N13O11/c1-3-4-20-35(44(66)49-2)54-46(68)37(30-34-19-18-25-50-34)56-45(67)36(23-24-39(48)62)55-47(69)38(32-61)53-42(64)31-52-43(65)33-71-29-28-70-27-26-51-41(63)22-17-15-13-11-9-7-5-6-8-10-12-14-16-21-40-57-59-60-58-40/h19,25,35-38,61H,3-18,20-24,26-33H2,1-2H3,(H2,48,62)(H,49,66)(H,51,63)(H,52,65)(H,53,64)(H,54,68)(H,55,69)(H,56,67)(H,57,58,59,60)/t35-,36-,37-,38-/m0/s1. The maximum absolute atomic E-state index is 13.6. The molecule has 11 N–H and O–H groups in total. The Morgan fingerprint density at radius 1 is 0.676 bits per heavy atom. The van der Waals surface area contributed by atoms with E-state index in [1.165, 1.54) is 64.8 Å². The number of aliphatic imine (C=N–C) groups is 1. The summed E-state index contributed by atoms with van der Waals surface area (Å²) in [5.74, 6) is -4.47. The molecule has 71 heavy (non-hydrogen) atoms. The molecule has 0 unspecified atom stereocenters. The highest BCUT2D eigenvalue weighted by Gasteiger charge is 2.32. The smallest absolute Gasteiger partial charge is 0.246 e. The molecule has 400 valence electrons. The number of hydrogen-bond donors (Lipinski definition) is 10. The number of nitrogens with one attached hydrogen (secondary N) is 8. The van der Waals surface area contributed by atoms with Gasteiger partial charge in [-0.1, -0.05) is 102 Å². The zero-order valence-electron chi connectivity index (χ0n) is 41.9. The summed E-state index contributed by atoms with van der Waals surface area (Å²) in [4.78, 5) is 106. The van der Waals surface area contributed by atoms with E-state index in [0.29, 0.717) is 37.9 Å². The Labute approximate surface area is 417 Å². The summed E-state index contributed by atoms with van der Waals surface area (Å²) in [7, 11) is 1.44. The number of hydrogen-bond acceptors (Lipinski definition) is 15. The second-order valence-corrected chi connectivity index (χ2v) is 17.4. The van der Waals surface area contributed by atoms with Crippen LogP contribution < -0.4 is 43.0 Å². The van der Waals surface area contributed by atoms with Gasteiger partial charge in [0.1, 0.15) is 30.8 Å². The molecule has 0 aromatic carbocycles. The Hall–Kier alpha value is -5.88. The molecule has 24 heteroatoms. The van der Waals surface area contributed by atoms with Gasteiger partial charge >= 0.3 is 0 Å². The number of unbranched alkanes of at least 4 members (excludes halogenated alkanes) is 13. The molecule has 2 heterocycles. The molecule has 1 aliphatic heterocycles. The molecule has 0 saturated heterocycles.